The van der Waals surface area contributed by atoms with Crippen LogP contribution >= 0.6 is 0 Å². The van der Waals surface area contributed by atoms with Crippen LogP contribution in [0.2, 0.25) is 0 Å². The molecule has 15 heavy (non-hydrogen) atoms. The van der Waals surface area contributed by atoms with Crippen LogP contribution in [0.5, 0.6) is 0 Å². The van der Waals surface area contributed by atoms with Gasteiger partial charge in [0.15, 0.2) is 0 Å². The summed E-state index contributed by atoms with van der Waals surface area (Å²) in [5, 5.41) is 0. The summed E-state index contributed by atoms with van der Waals surface area (Å²) in [6.07, 6.45) is 0. The molecule has 0 spiro atoms. The third kappa shape index (κ3) is 13.2. The van der Waals surface area contributed by atoms with Gasteiger partial charge in [-0.2, -0.15) is 0 Å². The maximum Gasteiger partial charge on any atom is 0 e. The van der Waals surface area contributed by atoms with Gasteiger partial charge in [-0.05, 0) is 12.1 Å². The fourth-order valence-electron chi connectivity index (χ4n) is 0.684. The maximum atomic E-state index is 2.89. The van der Waals surface area contributed by atoms with E-state index in [0.29, 0.717) is 0 Å². The molecule has 0 bridgehead atoms. The summed E-state index contributed by atoms with van der Waals surface area (Å²) >= 11 is 0. The summed E-state index contributed by atoms with van der Waals surface area (Å²) in [5.41, 5.74) is 0. The summed E-state index contributed by atoms with van der Waals surface area (Å²) in [6.45, 7) is 0. The van der Waals surface area contributed by atoms with Gasteiger partial charge in [0.05, 0.1) is 0 Å². The largest absolute Gasteiger partial charge is 0.0776 e. The fourth-order valence-corrected chi connectivity index (χ4v) is 0.684. The van der Waals surface area contributed by atoms with Crippen molar-refractivity contribution in [2.75, 3.05) is 0 Å². The molecular formula is C14H18Sn. The number of rotatable bonds is 0. The van der Waals surface area contributed by atoms with Gasteiger partial charge in [0.2, 0.25) is 0 Å². The van der Waals surface area contributed by atoms with Crippen molar-refractivity contribution in [2.24, 2.45) is 0 Å². The Kier molecular flexibility index (Phi) is 20.7. The molecule has 0 N–H and O–H groups in total. The van der Waals surface area contributed by atoms with Crippen molar-refractivity contribution < 1.29 is 0 Å². The molecular weight excluding hydrogens is 287 g/mol. The third-order valence-corrected chi connectivity index (χ3v) is 1.21. The molecule has 0 amide bonds. The Bertz CT molecular complexity index is 181. The van der Waals surface area contributed by atoms with Crippen molar-refractivity contribution in [2.45, 2.75) is 14.9 Å². The van der Waals surface area contributed by atoms with Crippen molar-refractivity contribution in [1.82, 2.24) is 0 Å². The van der Waals surface area contributed by atoms with Crippen molar-refractivity contribution in [3.8, 4) is 0 Å². The molecule has 1 heteroatoms. The molecule has 0 aliphatic heterocycles. The number of hydrogen-bond acceptors (Lipinski definition) is 0. The Morgan fingerprint density at radius 2 is 0.733 bits per heavy atom. The Hall–Kier alpha value is -0.761. The summed E-state index contributed by atoms with van der Waals surface area (Å²) in [4.78, 5) is 0. The first kappa shape index (κ1) is 19.8. The van der Waals surface area contributed by atoms with Gasteiger partial charge in [-0.15, -0.1) is 0 Å². The van der Waals surface area contributed by atoms with Gasteiger partial charge in [-0.1, -0.05) is 75.5 Å². The minimum atomic E-state index is 0. The molecule has 78 valence electrons. The van der Waals surface area contributed by atoms with Crippen molar-refractivity contribution in [3.05, 3.63) is 72.8 Å². The van der Waals surface area contributed by atoms with Crippen LogP contribution in [0.15, 0.2) is 60.7 Å². The molecule has 2 aromatic rings. The molecule has 0 atom stereocenters. The smallest absolute Gasteiger partial charge is 0 e. The SMILES string of the molecule is C.C.[Sn].[c]1ccccc1.[c]1ccccc1. The summed E-state index contributed by atoms with van der Waals surface area (Å²) < 4.78 is 0. The monoisotopic (exact) mass is 306 g/mol. The average Bonchev–Trinajstić information content (AvgIpc) is 2.24. The van der Waals surface area contributed by atoms with Crippen LogP contribution in [0, 0.1) is 12.1 Å². The van der Waals surface area contributed by atoms with Gasteiger partial charge in [-0.3, -0.25) is 0 Å². The molecule has 0 saturated heterocycles. The third-order valence-electron chi connectivity index (χ3n) is 1.21. The molecule has 0 aliphatic rings. The van der Waals surface area contributed by atoms with Crippen LogP contribution in [0.3, 0.4) is 0 Å². The van der Waals surface area contributed by atoms with Crippen LogP contribution < -0.4 is 0 Å². The predicted octanol–water partition coefficient (Wildman–Crippen LogP) is 3.86. The zero-order chi connectivity index (χ0) is 8.49. The zero-order valence-electron chi connectivity index (χ0n) is 7.27. The van der Waals surface area contributed by atoms with E-state index in [-0.39, 0.29) is 38.8 Å². The van der Waals surface area contributed by atoms with Crippen molar-refractivity contribution in [3.63, 3.8) is 0 Å². The van der Waals surface area contributed by atoms with Gasteiger partial charge in [0.1, 0.15) is 0 Å². The van der Waals surface area contributed by atoms with Gasteiger partial charge in [-0.25, -0.2) is 0 Å². The minimum absolute atomic E-state index is 0. The second-order valence-electron chi connectivity index (χ2n) is 2.15. The van der Waals surface area contributed by atoms with E-state index in [2.05, 4.69) is 12.1 Å². The van der Waals surface area contributed by atoms with E-state index < -0.39 is 0 Å². The van der Waals surface area contributed by atoms with Gasteiger partial charge in [0, 0.05) is 23.9 Å². The minimum Gasteiger partial charge on any atom is -0.0776 e. The zero-order valence-corrected chi connectivity index (χ0v) is 10.1. The Balaban J connectivity index is -0.000000160. The second kappa shape index (κ2) is 15.7. The first-order valence-electron chi connectivity index (χ1n) is 3.82. The van der Waals surface area contributed by atoms with E-state index in [4.69, 9.17) is 0 Å². The molecule has 6 radical (unpaired) electrons. The molecule has 0 fully saturated rings. The van der Waals surface area contributed by atoms with Gasteiger partial charge in [0.25, 0.3) is 0 Å². The topological polar surface area (TPSA) is 0 Å². The van der Waals surface area contributed by atoms with E-state index in [1.165, 1.54) is 0 Å². The van der Waals surface area contributed by atoms with Crippen molar-refractivity contribution in [1.29, 1.82) is 0 Å². The maximum absolute atomic E-state index is 2.89. The number of benzene rings is 2. The Morgan fingerprint density at radius 3 is 0.800 bits per heavy atom. The quantitative estimate of drug-likeness (QED) is 0.648. The van der Waals surface area contributed by atoms with Gasteiger partial charge < -0.3 is 0 Å². The van der Waals surface area contributed by atoms with E-state index in [1.54, 1.807) is 0 Å². The molecule has 0 aromatic heterocycles. The van der Waals surface area contributed by atoms with E-state index in [9.17, 15) is 0 Å². The van der Waals surface area contributed by atoms with Crippen LogP contribution in [0.1, 0.15) is 14.9 Å². The second-order valence-corrected chi connectivity index (χ2v) is 2.15. The molecule has 2 aromatic carbocycles. The van der Waals surface area contributed by atoms with Crippen molar-refractivity contribution >= 4 is 23.9 Å². The van der Waals surface area contributed by atoms with Crippen LogP contribution in [0.25, 0.3) is 0 Å². The molecule has 0 unspecified atom stereocenters. The summed E-state index contributed by atoms with van der Waals surface area (Å²) in [7, 11) is 0. The molecule has 0 aliphatic carbocycles. The summed E-state index contributed by atoms with van der Waals surface area (Å²) in [5.74, 6) is 0. The standard InChI is InChI=1S/2C6H5.2CH4.Sn/c2*1-2-4-6-5-3-1;;;/h2*1-5H;2*1H4;. The first-order valence-corrected chi connectivity index (χ1v) is 3.82. The van der Waals surface area contributed by atoms with E-state index >= 15 is 0 Å². The predicted molar refractivity (Wildman–Crippen MR) is 69.8 cm³/mol. The average molecular weight is 305 g/mol. The first-order chi connectivity index (χ1) is 6.00. The summed E-state index contributed by atoms with van der Waals surface area (Å²) in [6, 6.07) is 25.0. The molecule has 0 nitrogen and oxygen atoms in total. The molecule has 0 heterocycles. The van der Waals surface area contributed by atoms with Gasteiger partial charge >= 0.3 is 0 Å². The fraction of sp³-hybridized carbons (Fsp3) is 0.143. The molecule has 0 saturated carbocycles. The molecule has 2 rings (SSSR count). The normalized spacial score (nSPS) is 6.40. The van der Waals surface area contributed by atoms with Crippen LogP contribution in [-0.4, -0.2) is 23.9 Å². The van der Waals surface area contributed by atoms with E-state index in [1.807, 2.05) is 60.7 Å². The van der Waals surface area contributed by atoms with Crippen LogP contribution in [0.4, 0.5) is 0 Å². The van der Waals surface area contributed by atoms with E-state index in [0.717, 1.165) is 0 Å². The Labute approximate surface area is 111 Å². The number of hydrogen-bond donors (Lipinski definition) is 0. The van der Waals surface area contributed by atoms with Crippen LogP contribution in [-0.2, 0) is 0 Å². The Morgan fingerprint density at radius 1 is 0.467 bits per heavy atom.